The van der Waals surface area contributed by atoms with E-state index < -0.39 is 4.92 Å². The summed E-state index contributed by atoms with van der Waals surface area (Å²) in [7, 11) is 0. The second-order valence-corrected chi connectivity index (χ2v) is 3.85. The van der Waals surface area contributed by atoms with Crippen LogP contribution >= 0.6 is 0 Å². The lowest BCUT2D eigenvalue weighted by atomic mass is 10.3. The van der Waals surface area contributed by atoms with Crippen molar-refractivity contribution in [2.75, 3.05) is 17.2 Å². The summed E-state index contributed by atoms with van der Waals surface area (Å²) in [5.74, 6) is 0.717. The average molecular weight is 222 g/mol. The predicted molar refractivity (Wildman–Crippen MR) is 61.3 cm³/mol. The van der Waals surface area contributed by atoms with Crippen molar-refractivity contribution in [1.82, 2.24) is 4.98 Å². The molecule has 2 N–H and O–H groups in total. The van der Waals surface area contributed by atoms with Gasteiger partial charge in [-0.05, 0) is 25.8 Å². The van der Waals surface area contributed by atoms with E-state index in [9.17, 15) is 10.1 Å². The minimum atomic E-state index is -0.410. The van der Waals surface area contributed by atoms with E-state index in [1.54, 1.807) is 0 Å². The Bertz CT molecular complexity index is 417. The Morgan fingerprint density at radius 2 is 2.31 bits per heavy atom. The normalized spacial score (nSPS) is 14.8. The predicted octanol–water partition coefficient (Wildman–Crippen LogP) is 1.56. The number of anilines is 2. The molecule has 0 spiro atoms. The van der Waals surface area contributed by atoms with E-state index in [4.69, 9.17) is 5.73 Å². The second kappa shape index (κ2) is 3.96. The third-order valence-electron chi connectivity index (χ3n) is 2.67. The molecule has 86 valence electrons. The SMILES string of the molecule is CCN(c1nc(N)ccc1[N+](=O)[O-])C1CC1. The standard InChI is InChI=1S/C10H14N4O2/c1-2-13(7-3-4-7)10-8(14(15)16)5-6-9(11)12-10/h5-7H,2-4H2,1H3,(H2,11,12). The lowest BCUT2D eigenvalue weighted by Crippen LogP contribution is -2.27. The number of hydrogen-bond donors (Lipinski definition) is 1. The summed E-state index contributed by atoms with van der Waals surface area (Å²) in [6, 6.07) is 3.27. The molecule has 1 fully saturated rings. The summed E-state index contributed by atoms with van der Waals surface area (Å²) in [6.45, 7) is 2.68. The van der Waals surface area contributed by atoms with Gasteiger partial charge in [-0.15, -0.1) is 0 Å². The fourth-order valence-electron chi connectivity index (χ4n) is 1.78. The van der Waals surface area contributed by atoms with E-state index in [1.807, 2.05) is 11.8 Å². The van der Waals surface area contributed by atoms with Crippen LogP contribution in [0.15, 0.2) is 12.1 Å². The minimum absolute atomic E-state index is 0.0305. The van der Waals surface area contributed by atoms with Crippen molar-refractivity contribution in [2.45, 2.75) is 25.8 Å². The van der Waals surface area contributed by atoms with Crippen molar-refractivity contribution in [3.8, 4) is 0 Å². The minimum Gasteiger partial charge on any atom is -0.384 e. The zero-order valence-electron chi connectivity index (χ0n) is 9.09. The zero-order valence-corrected chi connectivity index (χ0v) is 9.09. The summed E-state index contributed by atoms with van der Waals surface area (Å²) in [6.07, 6.45) is 2.14. The van der Waals surface area contributed by atoms with E-state index in [1.165, 1.54) is 12.1 Å². The highest BCUT2D eigenvalue weighted by Crippen LogP contribution is 2.35. The fraction of sp³-hybridized carbons (Fsp3) is 0.500. The maximum Gasteiger partial charge on any atom is 0.311 e. The van der Waals surface area contributed by atoms with Gasteiger partial charge in [-0.3, -0.25) is 10.1 Å². The van der Waals surface area contributed by atoms with Crippen LogP contribution in [0.3, 0.4) is 0 Å². The molecule has 0 aliphatic heterocycles. The molecule has 1 aliphatic rings. The van der Waals surface area contributed by atoms with Crippen LogP contribution in [0.4, 0.5) is 17.3 Å². The third-order valence-corrected chi connectivity index (χ3v) is 2.67. The number of nitro groups is 1. The molecule has 0 aromatic carbocycles. The maximum atomic E-state index is 10.9. The number of nitrogens with zero attached hydrogens (tertiary/aromatic N) is 3. The molecule has 0 saturated heterocycles. The van der Waals surface area contributed by atoms with E-state index in [0.717, 1.165) is 12.8 Å². The van der Waals surface area contributed by atoms with Crippen molar-refractivity contribution in [2.24, 2.45) is 0 Å². The van der Waals surface area contributed by atoms with Gasteiger partial charge in [0.1, 0.15) is 5.82 Å². The third kappa shape index (κ3) is 1.91. The Kier molecular flexibility index (Phi) is 2.64. The van der Waals surface area contributed by atoms with Crippen LogP contribution in [0.5, 0.6) is 0 Å². The Hall–Kier alpha value is -1.85. The fourth-order valence-corrected chi connectivity index (χ4v) is 1.78. The number of nitrogens with two attached hydrogens (primary N) is 1. The Morgan fingerprint density at radius 3 is 2.81 bits per heavy atom. The van der Waals surface area contributed by atoms with Gasteiger partial charge >= 0.3 is 5.69 Å². The quantitative estimate of drug-likeness (QED) is 0.617. The molecule has 1 heterocycles. The van der Waals surface area contributed by atoms with E-state index in [-0.39, 0.29) is 5.69 Å². The number of aromatic nitrogens is 1. The Labute approximate surface area is 93.2 Å². The molecule has 0 amide bonds. The van der Waals surface area contributed by atoms with E-state index >= 15 is 0 Å². The van der Waals surface area contributed by atoms with Gasteiger partial charge in [0, 0.05) is 18.7 Å². The number of nitrogen functional groups attached to an aromatic ring is 1. The average Bonchev–Trinajstić information content (AvgIpc) is 3.03. The topological polar surface area (TPSA) is 85.3 Å². The van der Waals surface area contributed by atoms with Crippen molar-refractivity contribution in [3.05, 3.63) is 22.2 Å². The molecule has 0 bridgehead atoms. The van der Waals surface area contributed by atoms with Crippen LogP contribution in [-0.2, 0) is 0 Å². The van der Waals surface area contributed by atoms with Crippen LogP contribution in [-0.4, -0.2) is 22.5 Å². The molecule has 0 atom stereocenters. The summed E-state index contributed by atoms with van der Waals surface area (Å²) < 4.78 is 0. The molecular weight excluding hydrogens is 208 g/mol. The van der Waals surface area contributed by atoms with E-state index in [0.29, 0.717) is 24.2 Å². The molecule has 6 heteroatoms. The molecular formula is C10H14N4O2. The van der Waals surface area contributed by atoms with Crippen molar-refractivity contribution >= 4 is 17.3 Å². The highest BCUT2D eigenvalue weighted by molar-refractivity contribution is 5.62. The highest BCUT2D eigenvalue weighted by atomic mass is 16.6. The van der Waals surface area contributed by atoms with Crippen LogP contribution in [0.2, 0.25) is 0 Å². The lowest BCUT2D eigenvalue weighted by Gasteiger charge is -2.21. The molecule has 0 radical (unpaired) electrons. The molecule has 1 aromatic rings. The first-order valence-electron chi connectivity index (χ1n) is 5.31. The van der Waals surface area contributed by atoms with Crippen molar-refractivity contribution in [3.63, 3.8) is 0 Å². The number of rotatable bonds is 4. The Balaban J connectivity index is 2.42. The van der Waals surface area contributed by atoms with Gasteiger partial charge in [0.05, 0.1) is 4.92 Å². The maximum absolute atomic E-state index is 10.9. The van der Waals surface area contributed by atoms with Crippen LogP contribution < -0.4 is 10.6 Å². The zero-order chi connectivity index (χ0) is 11.7. The van der Waals surface area contributed by atoms with Gasteiger partial charge in [0.25, 0.3) is 0 Å². The smallest absolute Gasteiger partial charge is 0.311 e. The van der Waals surface area contributed by atoms with Crippen molar-refractivity contribution in [1.29, 1.82) is 0 Å². The molecule has 1 aromatic heterocycles. The lowest BCUT2D eigenvalue weighted by molar-refractivity contribution is -0.384. The van der Waals surface area contributed by atoms with Gasteiger partial charge < -0.3 is 10.6 Å². The van der Waals surface area contributed by atoms with Crippen molar-refractivity contribution < 1.29 is 4.92 Å². The largest absolute Gasteiger partial charge is 0.384 e. The summed E-state index contributed by atoms with van der Waals surface area (Å²) in [5.41, 5.74) is 5.61. The van der Waals surface area contributed by atoms with Gasteiger partial charge in [-0.2, -0.15) is 0 Å². The molecule has 2 rings (SSSR count). The molecule has 0 unspecified atom stereocenters. The number of hydrogen-bond acceptors (Lipinski definition) is 5. The van der Waals surface area contributed by atoms with Gasteiger partial charge in [-0.25, -0.2) is 4.98 Å². The van der Waals surface area contributed by atoms with Gasteiger partial charge in [0.2, 0.25) is 5.82 Å². The molecule has 1 aliphatic carbocycles. The van der Waals surface area contributed by atoms with Crippen LogP contribution in [0.1, 0.15) is 19.8 Å². The highest BCUT2D eigenvalue weighted by Gasteiger charge is 2.33. The van der Waals surface area contributed by atoms with Gasteiger partial charge in [-0.1, -0.05) is 0 Å². The number of pyridine rings is 1. The first-order chi connectivity index (χ1) is 7.63. The first-order valence-corrected chi connectivity index (χ1v) is 5.31. The van der Waals surface area contributed by atoms with Crippen LogP contribution in [0, 0.1) is 10.1 Å². The molecule has 1 saturated carbocycles. The summed E-state index contributed by atoms with van der Waals surface area (Å²) in [4.78, 5) is 16.5. The molecule has 16 heavy (non-hydrogen) atoms. The second-order valence-electron chi connectivity index (χ2n) is 3.85. The summed E-state index contributed by atoms with van der Waals surface area (Å²) >= 11 is 0. The monoisotopic (exact) mass is 222 g/mol. The Morgan fingerprint density at radius 1 is 1.62 bits per heavy atom. The van der Waals surface area contributed by atoms with Gasteiger partial charge in [0.15, 0.2) is 0 Å². The first kappa shape index (κ1) is 10.7. The van der Waals surface area contributed by atoms with E-state index in [2.05, 4.69) is 4.98 Å². The molecule has 6 nitrogen and oxygen atoms in total. The van der Waals surface area contributed by atoms with Crippen LogP contribution in [0.25, 0.3) is 0 Å². The summed E-state index contributed by atoms with van der Waals surface area (Å²) in [5, 5.41) is 10.9.